The van der Waals surface area contributed by atoms with E-state index < -0.39 is 0 Å². The average Bonchev–Trinajstić information content (AvgIpc) is 2.38. The van der Waals surface area contributed by atoms with Gasteiger partial charge in [-0.1, -0.05) is 40.2 Å². The van der Waals surface area contributed by atoms with Crippen molar-refractivity contribution in [3.05, 3.63) is 63.6 Å². The van der Waals surface area contributed by atoms with Gasteiger partial charge in [0.2, 0.25) is 0 Å². The lowest BCUT2D eigenvalue weighted by atomic mass is 10.1. The molecule has 0 fully saturated rings. The van der Waals surface area contributed by atoms with Gasteiger partial charge in [0, 0.05) is 16.1 Å². The second-order valence-electron chi connectivity index (χ2n) is 4.69. The van der Waals surface area contributed by atoms with E-state index in [-0.39, 0.29) is 6.04 Å². The first kappa shape index (κ1) is 14.1. The highest BCUT2D eigenvalue weighted by molar-refractivity contribution is 9.10. The highest BCUT2D eigenvalue weighted by atomic mass is 79.9. The summed E-state index contributed by atoms with van der Waals surface area (Å²) < 4.78 is 6.94. The maximum Gasteiger partial charge on any atom is 0.124 e. The fourth-order valence-corrected chi connectivity index (χ4v) is 2.31. The second kappa shape index (κ2) is 6.22. The van der Waals surface area contributed by atoms with Crippen LogP contribution in [0.4, 0.5) is 0 Å². The van der Waals surface area contributed by atoms with Crippen LogP contribution in [0.1, 0.15) is 29.7 Å². The van der Waals surface area contributed by atoms with E-state index in [1.165, 1.54) is 11.1 Å². The predicted molar refractivity (Wildman–Crippen MR) is 82.3 cm³/mol. The second-order valence-corrected chi connectivity index (χ2v) is 5.60. The number of hydrogen-bond donors (Lipinski definition) is 1. The van der Waals surface area contributed by atoms with E-state index in [1.54, 1.807) is 0 Å². The first-order valence-electron chi connectivity index (χ1n) is 6.30. The van der Waals surface area contributed by atoms with Crippen molar-refractivity contribution in [2.45, 2.75) is 26.5 Å². The maximum absolute atomic E-state index is 5.98. The van der Waals surface area contributed by atoms with Gasteiger partial charge < -0.3 is 10.5 Å². The first-order chi connectivity index (χ1) is 9.08. The molecule has 100 valence electrons. The molecule has 0 aliphatic carbocycles. The van der Waals surface area contributed by atoms with Crippen LogP contribution < -0.4 is 10.5 Å². The summed E-state index contributed by atoms with van der Waals surface area (Å²) in [6.45, 7) is 4.61. The van der Waals surface area contributed by atoms with Crippen molar-refractivity contribution in [1.82, 2.24) is 0 Å². The predicted octanol–water partition coefficient (Wildman–Crippen LogP) is 4.36. The smallest absolute Gasteiger partial charge is 0.124 e. The molecule has 2 rings (SSSR count). The molecular formula is C16H18BrNO. The highest BCUT2D eigenvalue weighted by Gasteiger charge is 2.09. The van der Waals surface area contributed by atoms with Crippen LogP contribution in [0.3, 0.4) is 0 Å². The minimum absolute atomic E-state index is 0.0515. The molecule has 0 bridgehead atoms. The molecule has 2 aromatic rings. The van der Waals surface area contributed by atoms with Crippen LogP contribution in [0.15, 0.2) is 46.9 Å². The molecular weight excluding hydrogens is 302 g/mol. The summed E-state index contributed by atoms with van der Waals surface area (Å²) in [6.07, 6.45) is 0. The summed E-state index contributed by atoms with van der Waals surface area (Å²) in [7, 11) is 0. The Morgan fingerprint density at radius 1 is 1.21 bits per heavy atom. The Labute approximate surface area is 122 Å². The van der Waals surface area contributed by atoms with Gasteiger partial charge in [0.05, 0.1) is 0 Å². The first-order valence-corrected chi connectivity index (χ1v) is 7.09. The summed E-state index contributed by atoms with van der Waals surface area (Å²) in [5.74, 6) is 0.849. The molecule has 0 aromatic heterocycles. The van der Waals surface area contributed by atoms with Gasteiger partial charge in [0.15, 0.2) is 0 Å². The molecule has 0 unspecified atom stereocenters. The van der Waals surface area contributed by atoms with Gasteiger partial charge in [-0.05, 0) is 43.2 Å². The fourth-order valence-electron chi connectivity index (χ4n) is 1.93. The van der Waals surface area contributed by atoms with Crippen LogP contribution in [0.2, 0.25) is 0 Å². The lowest BCUT2D eigenvalue weighted by Crippen LogP contribution is -2.08. The Hall–Kier alpha value is -1.32. The average molecular weight is 320 g/mol. The van der Waals surface area contributed by atoms with E-state index in [0.29, 0.717) is 6.61 Å². The number of hydrogen-bond acceptors (Lipinski definition) is 2. The van der Waals surface area contributed by atoms with Gasteiger partial charge in [-0.15, -0.1) is 0 Å². The van der Waals surface area contributed by atoms with Crippen molar-refractivity contribution in [3.63, 3.8) is 0 Å². The van der Waals surface area contributed by atoms with Crippen molar-refractivity contribution < 1.29 is 4.74 Å². The molecule has 0 spiro atoms. The van der Waals surface area contributed by atoms with Crippen LogP contribution in [0.25, 0.3) is 0 Å². The lowest BCUT2D eigenvalue weighted by Gasteiger charge is -2.15. The van der Waals surface area contributed by atoms with Crippen molar-refractivity contribution in [2.75, 3.05) is 0 Å². The fraction of sp³-hybridized carbons (Fsp3) is 0.250. The Balaban J connectivity index is 2.18. The van der Waals surface area contributed by atoms with E-state index in [9.17, 15) is 0 Å². The third-order valence-electron chi connectivity index (χ3n) is 3.11. The van der Waals surface area contributed by atoms with Gasteiger partial charge in [-0.3, -0.25) is 0 Å². The third-order valence-corrected chi connectivity index (χ3v) is 3.60. The molecule has 2 N–H and O–H groups in total. The number of nitrogens with two attached hydrogens (primary N) is 1. The molecule has 2 aromatic carbocycles. The van der Waals surface area contributed by atoms with Crippen LogP contribution in [0.5, 0.6) is 5.75 Å². The molecule has 0 saturated carbocycles. The summed E-state index contributed by atoms with van der Waals surface area (Å²) in [6, 6.07) is 14.1. The van der Waals surface area contributed by atoms with Crippen LogP contribution >= 0.6 is 15.9 Å². The Bertz CT molecular complexity index is 566. The summed E-state index contributed by atoms with van der Waals surface area (Å²) in [5, 5.41) is 0. The summed E-state index contributed by atoms with van der Waals surface area (Å²) >= 11 is 3.46. The van der Waals surface area contributed by atoms with E-state index in [4.69, 9.17) is 10.5 Å². The molecule has 0 heterocycles. The monoisotopic (exact) mass is 319 g/mol. The quantitative estimate of drug-likeness (QED) is 0.908. The number of rotatable bonds is 4. The minimum atomic E-state index is -0.0515. The highest BCUT2D eigenvalue weighted by Crippen LogP contribution is 2.28. The number of benzene rings is 2. The topological polar surface area (TPSA) is 35.2 Å². The molecule has 3 heteroatoms. The van der Waals surface area contributed by atoms with Gasteiger partial charge in [0.1, 0.15) is 12.4 Å². The molecule has 0 saturated heterocycles. The maximum atomic E-state index is 5.98. The van der Waals surface area contributed by atoms with Gasteiger partial charge in [-0.25, -0.2) is 0 Å². The number of ether oxygens (including phenoxy) is 1. The molecule has 0 amide bonds. The standard InChI is InChI=1S/C16H18BrNO/c1-11-5-3-4-6-13(11)10-19-16-8-7-14(17)9-15(16)12(2)18/h3-9,12H,10,18H2,1-2H3/t12-/m1/s1. The van der Waals surface area contributed by atoms with Gasteiger partial charge >= 0.3 is 0 Å². The Morgan fingerprint density at radius 2 is 1.95 bits per heavy atom. The van der Waals surface area contributed by atoms with Crippen molar-refractivity contribution in [3.8, 4) is 5.75 Å². The number of aryl methyl sites for hydroxylation is 1. The molecule has 0 aliphatic rings. The van der Waals surface area contributed by atoms with E-state index in [1.807, 2.05) is 37.3 Å². The van der Waals surface area contributed by atoms with Crippen molar-refractivity contribution >= 4 is 15.9 Å². The van der Waals surface area contributed by atoms with Crippen molar-refractivity contribution in [1.29, 1.82) is 0 Å². The number of halogens is 1. The van der Waals surface area contributed by atoms with E-state index in [2.05, 4.69) is 35.0 Å². The summed E-state index contributed by atoms with van der Waals surface area (Å²) in [4.78, 5) is 0. The molecule has 19 heavy (non-hydrogen) atoms. The Kier molecular flexibility index (Phi) is 4.61. The molecule has 2 nitrogen and oxygen atoms in total. The molecule has 0 aliphatic heterocycles. The van der Waals surface area contributed by atoms with Crippen molar-refractivity contribution in [2.24, 2.45) is 5.73 Å². The summed E-state index contributed by atoms with van der Waals surface area (Å²) in [5.41, 5.74) is 9.43. The van der Waals surface area contributed by atoms with Crippen LogP contribution in [-0.4, -0.2) is 0 Å². The third kappa shape index (κ3) is 3.58. The minimum Gasteiger partial charge on any atom is -0.489 e. The zero-order valence-electron chi connectivity index (χ0n) is 11.2. The van der Waals surface area contributed by atoms with Crippen LogP contribution in [0, 0.1) is 6.92 Å². The molecule has 0 radical (unpaired) electrons. The van der Waals surface area contributed by atoms with Gasteiger partial charge in [-0.2, -0.15) is 0 Å². The van der Waals surface area contributed by atoms with E-state index >= 15 is 0 Å². The molecule has 1 atom stereocenters. The van der Waals surface area contributed by atoms with E-state index in [0.717, 1.165) is 15.8 Å². The SMILES string of the molecule is Cc1ccccc1COc1ccc(Br)cc1[C@@H](C)N. The zero-order chi connectivity index (χ0) is 13.8. The lowest BCUT2D eigenvalue weighted by molar-refractivity contribution is 0.300. The Morgan fingerprint density at radius 3 is 2.63 bits per heavy atom. The zero-order valence-corrected chi connectivity index (χ0v) is 12.8. The van der Waals surface area contributed by atoms with Gasteiger partial charge in [0.25, 0.3) is 0 Å². The normalized spacial score (nSPS) is 12.2. The largest absolute Gasteiger partial charge is 0.489 e. The van der Waals surface area contributed by atoms with Crippen LogP contribution in [-0.2, 0) is 6.61 Å².